The summed E-state index contributed by atoms with van der Waals surface area (Å²) in [6.07, 6.45) is 9.21. The van der Waals surface area contributed by atoms with E-state index in [1.54, 1.807) is 7.11 Å². The molecule has 0 amide bonds. The minimum atomic E-state index is -0.0207. The minimum absolute atomic E-state index is 0.0207. The second-order valence-corrected chi connectivity index (χ2v) is 7.19. The first-order chi connectivity index (χ1) is 8.03. The molecule has 17 heavy (non-hydrogen) atoms. The summed E-state index contributed by atoms with van der Waals surface area (Å²) in [5, 5.41) is 0.880. The fourth-order valence-corrected chi connectivity index (χ4v) is 3.56. The number of hydrogen-bond acceptors (Lipinski definition) is 3. The maximum atomic E-state index is 6.18. The van der Waals surface area contributed by atoms with Crippen molar-refractivity contribution in [2.24, 2.45) is 5.73 Å². The van der Waals surface area contributed by atoms with Gasteiger partial charge in [-0.2, -0.15) is 11.8 Å². The van der Waals surface area contributed by atoms with Gasteiger partial charge in [0.25, 0.3) is 0 Å². The van der Waals surface area contributed by atoms with E-state index in [2.05, 4.69) is 25.6 Å². The molecule has 0 heterocycles. The lowest BCUT2D eigenvalue weighted by atomic mass is 10.00. The highest BCUT2D eigenvalue weighted by atomic mass is 32.2. The van der Waals surface area contributed by atoms with Gasteiger partial charge >= 0.3 is 0 Å². The Balaban J connectivity index is 2.10. The highest BCUT2D eigenvalue weighted by Crippen LogP contribution is 2.29. The van der Waals surface area contributed by atoms with Gasteiger partial charge in [0.05, 0.1) is 5.60 Å². The maximum Gasteiger partial charge on any atom is 0.0623 e. The molecule has 0 aliphatic heterocycles. The van der Waals surface area contributed by atoms with Crippen molar-refractivity contribution in [3.63, 3.8) is 0 Å². The molecule has 0 spiro atoms. The Kier molecular flexibility index (Phi) is 6.90. The van der Waals surface area contributed by atoms with E-state index in [1.807, 2.05) is 0 Å². The molecule has 1 aliphatic carbocycles. The van der Waals surface area contributed by atoms with E-state index in [9.17, 15) is 0 Å². The molecule has 0 saturated heterocycles. The Morgan fingerprint density at radius 2 is 1.94 bits per heavy atom. The van der Waals surface area contributed by atoms with E-state index in [0.717, 1.165) is 23.8 Å². The molecule has 0 aromatic rings. The molecule has 3 heteroatoms. The molecule has 1 aliphatic rings. The Labute approximate surface area is 111 Å². The predicted octanol–water partition coefficient (Wildman–Crippen LogP) is 3.58. The van der Waals surface area contributed by atoms with Gasteiger partial charge in [0.2, 0.25) is 0 Å². The molecule has 0 bridgehead atoms. The van der Waals surface area contributed by atoms with Gasteiger partial charge in [-0.3, -0.25) is 0 Å². The van der Waals surface area contributed by atoms with Gasteiger partial charge in [-0.15, -0.1) is 0 Å². The summed E-state index contributed by atoms with van der Waals surface area (Å²) >= 11 is 2.10. The van der Waals surface area contributed by atoms with Crippen molar-refractivity contribution in [1.29, 1.82) is 0 Å². The van der Waals surface area contributed by atoms with Crippen LogP contribution in [-0.2, 0) is 4.74 Å². The third-order valence-electron chi connectivity index (χ3n) is 3.77. The molecule has 0 aromatic heterocycles. The summed E-state index contributed by atoms with van der Waals surface area (Å²) in [6.45, 7) is 4.27. The van der Waals surface area contributed by atoms with Crippen LogP contribution in [0.1, 0.15) is 58.8 Å². The van der Waals surface area contributed by atoms with Gasteiger partial charge in [-0.1, -0.05) is 19.3 Å². The van der Waals surface area contributed by atoms with Crippen molar-refractivity contribution < 1.29 is 4.74 Å². The lowest BCUT2D eigenvalue weighted by Crippen LogP contribution is -2.30. The smallest absolute Gasteiger partial charge is 0.0623 e. The van der Waals surface area contributed by atoms with Crippen LogP contribution in [0.4, 0.5) is 0 Å². The van der Waals surface area contributed by atoms with Gasteiger partial charge < -0.3 is 10.5 Å². The van der Waals surface area contributed by atoms with Crippen molar-refractivity contribution in [3.05, 3.63) is 0 Å². The number of rotatable bonds is 7. The topological polar surface area (TPSA) is 35.2 Å². The molecular weight excluding hydrogens is 230 g/mol. The SMILES string of the molecule is COC(C)(C)CCC(N)CSC1CCCCC1. The maximum absolute atomic E-state index is 6.18. The molecule has 1 saturated carbocycles. The van der Waals surface area contributed by atoms with Crippen molar-refractivity contribution in [1.82, 2.24) is 0 Å². The summed E-state index contributed by atoms with van der Waals surface area (Å²) in [5.41, 5.74) is 6.16. The molecule has 2 N–H and O–H groups in total. The highest BCUT2D eigenvalue weighted by molar-refractivity contribution is 7.99. The Bertz CT molecular complexity index is 202. The van der Waals surface area contributed by atoms with E-state index >= 15 is 0 Å². The number of ether oxygens (including phenoxy) is 1. The van der Waals surface area contributed by atoms with Crippen molar-refractivity contribution in [2.75, 3.05) is 12.9 Å². The fraction of sp³-hybridized carbons (Fsp3) is 1.00. The molecular formula is C14H29NOS. The van der Waals surface area contributed by atoms with Crippen molar-refractivity contribution >= 4 is 11.8 Å². The Hall–Kier alpha value is 0.270. The van der Waals surface area contributed by atoms with Crippen LogP contribution in [0.3, 0.4) is 0 Å². The Morgan fingerprint density at radius 1 is 1.29 bits per heavy atom. The van der Waals surface area contributed by atoms with E-state index in [1.165, 1.54) is 32.1 Å². The van der Waals surface area contributed by atoms with Crippen LogP contribution in [-0.4, -0.2) is 29.8 Å². The summed E-state index contributed by atoms with van der Waals surface area (Å²) in [5.74, 6) is 1.12. The fourth-order valence-electron chi connectivity index (χ4n) is 2.21. The zero-order valence-corrected chi connectivity index (χ0v) is 12.5. The van der Waals surface area contributed by atoms with E-state index < -0.39 is 0 Å². The van der Waals surface area contributed by atoms with Gasteiger partial charge in [0.15, 0.2) is 0 Å². The molecule has 0 radical (unpaired) electrons. The van der Waals surface area contributed by atoms with Crippen molar-refractivity contribution in [2.45, 2.75) is 75.7 Å². The first-order valence-electron chi connectivity index (χ1n) is 6.96. The third-order valence-corrected chi connectivity index (χ3v) is 5.33. The van der Waals surface area contributed by atoms with Gasteiger partial charge in [-0.05, 0) is 39.5 Å². The standard InChI is InChI=1S/C14H29NOS/c1-14(2,16-3)10-9-12(15)11-17-13-7-5-4-6-8-13/h12-13H,4-11,15H2,1-3H3. The lowest BCUT2D eigenvalue weighted by molar-refractivity contribution is 0.0129. The first kappa shape index (κ1) is 15.3. The van der Waals surface area contributed by atoms with Crippen LogP contribution in [0.5, 0.6) is 0 Å². The summed E-state index contributed by atoms with van der Waals surface area (Å²) in [7, 11) is 1.78. The number of nitrogens with two attached hydrogens (primary N) is 1. The van der Waals surface area contributed by atoms with Gasteiger partial charge in [-0.25, -0.2) is 0 Å². The molecule has 1 rings (SSSR count). The minimum Gasteiger partial charge on any atom is -0.379 e. The molecule has 1 atom stereocenters. The summed E-state index contributed by atoms with van der Waals surface area (Å²) in [4.78, 5) is 0. The lowest BCUT2D eigenvalue weighted by Gasteiger charge is -2.26. The quantitative estimate of drug-likeness (QED) is 0.759. The number of hydrogen-bond donors (Lipinski definition) is 1. The molecule has 1 fully saturated rings. The Morgan fingerprint density at radius 3 is 2.53 bits per heavy atom. The normalized spacial score (nSPS) is 20.5. The zero-order chi connectivity index (χ0) is 12.7. The molecule has 1 unspecified atom stereocenters. The van der Waals surface area contributed by atoms with Crippen LogP contribution in [0.15, 0.2) is 0 Å². The number of thioether (sulfide) groups is 1. The average Bonchev–Trinajstić information content (AvgIpc) is 2.35. The van der Waals surface area contributed by atoms with Crippen LogP contribution in [0, 0.1) is 0 Å². The van der Waals surface area contributed by atoms with E-state index in [-0.39, 0.29) is 5.60 Å². The average molecular weight is 259 g/mol. The predicted molar refractivity (Wildman–Crippen MR) is 77.6 cm³/mol. The van der Waals surface area contributed by atoms with Crippen LogP contribution >= 0.6 is 11.8 Å². The third kappa shape index (κ3) is 6.68. The monoisotopic (exact) mass is 259 g/mol. The summed E-state index contributed by atoms with van der Waals surface area (Å²) in [6, 6.07) is 0.330. The molecule has 102 valence electrons. The van der Waals surface area contributed by atoms with Crippen molar-refractivity contribution in [3.8, 4) is 0 Å². The largest absolute Gasteiger partial charge is 0.379 e. The van der Waals surface area contributed by atoms with Crippen LogP contribution in [0.25, 0.3) is 0 Å². The van der Waals surface area contributed by atoms with E-state index in [4.69, 9.17) is 10.5 Å². The summed E-state index contributed by atoms with van der Waals surface area (Å²) < 4.78 is 5.42. The highest BCUT2D eigenvalue weighted by Gasteiger charge is 2.19. The number of methoxy groups -OCH3 is 1. The van der Waals surface area contributed by atoms with Crippen LogP contribution < -0.4 is 5.73 Å². The first-order valence-corrected chi connectivity index (χ1v) is 8.01. The van der Waals surface area contributed by atoms with Crippen LogP contribution in [0.2, 0.25) is 0 Å². The molecule has 2 nitrogen and oxygen atoms in total. The zero-order valence-electron chi connectivity index (χ0n) is 11.7. The molecule has 0 aromatic carbocycles. The van der Waals surface area contributed by atoms with Gasteiger partial charge in [0.1, 0.15) is 0 Å². The van der Waals surface area contributed by atoms with E-state index in [0.29, 0.717) is 6.04 Å². The second-order valence-electron chi connectivity index (χ2n) is 5.86. The second kappa shape index (κ2) is 7.65. The van der Waals surface area contributed by atoms with Gasteiger partial charge in [0, 0.05) is 24.2 Å².